The van der Waals surface area contributed by atoms with Gasteiger partial charge in [0.2, 0.25) is 0 Å². The zero-order valence-electron chi connectivity index (χ0n) is 7.25. The SMILES string of the molecule is CCCOC(=O)CSCCN.Cl. The van der Waals surface area contributed by atoms with Crippen molar-refractivity contribution in [3.8, 4) is 0 Å². The molecule has 0 bridgehead atoms. The molecule has 0 aromatic heterocycles. The first-order chi connectivity index (χ1) is 5.31. The van der Waals surface area contributed by atoms with Gasteiger partial charge in [-0.1, -0.05) is 6.92 Å². The maximum atomic E-state index is 10.8. The standard InChI is InChI=1S/C7H15NO2S.ClH/c1-2-4-10-7(9)6-11-5-3-8;/h2-6,8H2,1H3;1H. The molecule has 0 fully saturated rings. The second-order valence-corrected chi connectivity index (χ2v) is 3.17. The lowest BCUT2D eigenvalue weighted by Gasteiger charge is -2.01. The molecule has 0 spiro atoms. The average Bonchev–Trinajstić information content (AvgIpc) is 2.01. The molecule has 3 nitrogen and oxygen atoms in total. The third kappa shape index (κ3) is 10.1. The molecule has 0 aliphatic rings. The van der Waals surface area contributed by atoms with Crippen LogP contribution in [-0.4, -0.2) is 30.6 Å². The van der Waals surface area contributed by atoms with Crippen LogP contribution in [0.15, 0.2) is 0 Å². The van der Waals surface area contributed by atoms with E-state index in [1.807, 2.05) is 6.92 Å². The summed E-state index contributed by atoms with van der Waals surface area (Å²) < 4.78 is 4.84. The highest BCUT2D eigenvalue weighted by molar-refractivity contribution is 7.99. The van der Waals surface area contributed by atoms with Gasteiger partial charge in [0, 0.05) is 12.3 Å². The van der Waals surface area contributed by atoms with Gasteiger partial charge >= 0.3 is 5.97 Å². The molecule has 0 aromatic carbocycles. The van der Waals surface area contributed by atoms with Gasteiger partial charge in [-0.15, -0.1) is 24.2 Å². The summed E-state index contributed by atoms with van der Waals surface area (Å²) >= 11 is 1.51. The number of carbonyl (C=O) groups excluding carboxylic acids is 1. The van der Waals surface area contributed by atoms with E-state index in [9.17, 15) is 4.79 Å². The van der Waals surface area contributed by atoms with Gasteiger partial charge in [-0.3, -0.25) is 4.79 Å². The molecule has 0 saturated carbocycles. The Bertz CT molecular complexity index is 114. The number of ether oxygens (including phenoxy) is 1. The minimum Gasteiger partial charge on any atom is -0.465 e. The molecule has 0 radical (unpaired) electrons. The lowest BCUT2D eigenvalue weighted by Crippen LogP contribution is -2.10. The highest BCUT2D eigenvalue weighted by Crippen LogP contribution is 1.98. The Balaban J connectivity index is 0. The van der Waals surface area contributed by atoms with Gasteiger partial charge in [-0.05, 0) is 6.42 Å². The van der Waals surface area contributed by atoms with E-state index in [1.54, 1.807) is 0 Å². The minimum absolute atomic E-state index is 0. The van der Waals surface area contributed by atoms with Crippen molar-refractivity contribution in [3.05, 3.63) is 0 Å². The van der Waals surface area contributed by atoms with Crippen molar-refractivity contribution in [2.75, 3.05) is 24.7 Å². The molecule has 0 rings (SSSR count). The van der Waals surface area contributed by atoms with Crippen LogP contribution >= 0.6 is 24.2 Å². The number of esters is 1. The van der Waals surface area contributed by atoms with E-state index >= 15 is 0 Å². The summed E-state index contributed by atoms with van der Waals surface area (Å²) in [6.07, 6.45) is 0.882. The van der Waals surface area contributed by atoms with Gasteiger partial charge < -0.3 is 10.5 Å². The molecule has 0 aliphatic heterocycles. The summed E-state index contributed by atoms with van der Waals surface area (Å²) in [4.78, 5) is 10.8. The smallest absolute Gasteiger partial charge is 0.315 e. The first kappa shape index (κ1) is 14.6. The molecule has 0 amide bonds. The van der Waals surface area contributed by atoms with Crippen molar-refractivity contribution in [3.63, 3.8) is 0 Å². The Morgan fingerprint density at radius 3 is 2.75 bits per heavy atom. The van der Waals surface area contributed by atoms with Gasteiger partial charge in [0.15, 0.2) is 0 Å². The highest BCUT2D eigenvalue weighted by Gasteiger charge is 2.00. The summed E-state index contributed by atoms with van der Waals surface area (Å²) in [5.74, 6) is 1.11. The maximum absolute atomic E-state index is 10.8. The summed E-state index contributed by atoms with van der Waals surface area (Å²) in [5.41, 5.74) is 5.24. The lowest BCUT2D eigenvalue weighted by atomic mass is 10.5. The molecular formula is C7H16ClNO2S. The molecule has 0 heterocycles. The number of carbonyl (C=O) groups is 1. The molecular weight excluding hydrogens is 198 g/mol. The zero-order valence-corrected chi connectivity index (χ0v) is 8.88. The largest absolute Gasteiger partial charge is 0.465 e. The average molecular weight is 214 g/mol. The van der Waals surface area contributed by atoms with E-state index in [0.717, 1.165) is 12.2 Å². The van der Waals surface area contributed by atoms with Crippen LogP contribution in [0.1, 0.15) is 13.3 Å². The van der Waals surface area contributed by atoms with Gasteiger partial charge in [-0.25, -0.2) is 0 Å². The minimum atomic E-state index is -0.134. The molecule has 2 N–H and O–H groups in total. The second-order valence-electron chi connectivity index (χ2n) is 2.06. The Labute approximate surface area is 83.8 Å². The third-order valence-electron chi connectivity index (χ3n) is 0.949. The fourth-order valence-electron chi connectivity index (χ4n) is 0.496. The van der Waals surface area contributed by atoms with E-state index in [-0.39, 0.29) is 18.4 Å². The number of rotatable bonds is 6. The first-order valence-corrected chi connectivity index (χ1v) is 4.90. The predicted octanol–water partition coefficient (Wildman–Crippen LogP) is 1.05. The Kier molecular flexibility index (Phi) is 13.5. The molecule has 5 heteroatoms. The lowest BCUT2D eigenvalue weighted by molar-refractivity contribution is -0.140. The van der Waals surface area contributed by atoms with Crippen LogP contribution in [0, 0.1) is 0 Å². The molecule has 0 aromatic rings. The van der Waals surface area contributed by atoms with Crippen molar-refractivity contribution in [1.82, 2.24) is 0 Å². The second kappa shape index (κ2) is 11.1. The van der Waals surface area contributed by atoms with Crippen molar-refractivity contribution in [1.29, 1.82) is 0 Å². The third-order valence-corrected chi connectivity index (χ3v) is 1.91. The van der Waals surface area contributed by atoms with Crippen molar-refractivity contribution in [2.45, 2.75) is 13.3 Å². The van der Waals surface area contributed by atoms with Gasteiger partial charge in [0.05, 0.1) is 12.4 Å². The van der Waals surface area contributed by atoms with Crippen LogP contribution in [0.25, 0.3) is 0 Å². The zero-order chi connectivity index (χ0) is 8.53. The number of hydrogen-bond donors (Lipinski definition) is 1. The van der Waals surface area contributed by atoms with Gasteiger partial charge in [0.1, 0.15) is 0 Å². The monoisotopic (exact) mass is 213 g/mol. The van der Waals surface area contributed by atoms with Crippen LogP contribution in [-0.2, 0) is 9.53 Å². The highest BCUT2D eigenvalue weighted by atomic mass is 35.5. The molecule has 0 unspecified atom stereocenters. The number of halogens is 1. The van der Waals surface area contributed by atoms with Crippen molar-refractivity contribution in [2.24, 2.45) is 5.73 Å². The summed E-state index contributed by atoms with van der Waals surface area (Å²) in [7, 11) is 0. The summed E-state index contributed by atoms with van der Waals surface area (Å²) in [5, 5.41) is 0. The number of thioether (sulfide) groups is 1. The molecule has 0 aliphatic carbocycles. The molecule has 74 valence electrons. The van der Waals surface area contributed by atoms with Crippen LogP contribution in [0.2, 0.25) is 0 Å². The molecule has 0 atom stereocenters. The predicted molar refractivity (Wildman–Crippen MR) is 54.9 cm³/mol. The van der Waals surface area contributed by atoms with Crippen molar-refractivity contribution < 1.29 is 9.53 Å². The van der Waals surface area contributed by atoms with Gasteiger partial charge in [-0.2, -0.15) is 0 Å². The summed E-state index contributed by atoms with van der Waals surface area (Å²) in [6.45, 7) is 3.12. The van der Waals surface area contributed by atoms with Crippen LogP contribution in [0.5, 0.6) is 0 Å². The normalized spacial score (nSPS) is 8.83. The maximum Gasteiger partial charge on any atom is 0.315 e. The van der Waals surface area contributed by atoms with E-state index < -0.39 is 0 Å². The molecule has 0 saturated heterocycles. The Morgan fingerprint density at radius 1 is 1.58 bits per heavy atom. The number of hydrogen-bond acceptors (Lipinski definition) is 4. The fraction of sp³-hybridized carbons (Fsp3) is 0.857. The van der Waals surface area contributed by atoms with Gasteiger partial charge in [0.25, 0.3) is 0 Å². The van der Waals surface area contributed by atoms with Crippen molar-refractivity contribution >= 4 is 30.1 Å². The first-order valence-electron chi connectivity index (χ1n) is 3.74. The van der Waals surface area contributed by atoms with E-state index in [1.165, 1.54) is 11.8 Å². The van der Waals surface area contributed by atoms with Crippen LogP contribution < -0.4 is 5.73 Å². The van der Waals surface area contributed by atoms with Crippen LogP contribution in [0.3, 0.4) is 0 Å². The summed E-state index contributed by atoms with van der Waals surface area (Å²) in [6, 6.07) is 0. The van der Waals surface area contributed by atoms with E-state index in [2.05, 4.69) is 0 Å². The number of nitrogens with two attached hydrogens (primary N) is 1. The topological polar surface area (TPSA) is 52.3 Å². The Hall–Kier alpha value is 0.0700. The molecule has 12 heavy (non-hydrogen) atoms. The fourth-order valence-corrected chi connectivity index (χ4v) is 1.06. The quantitative estimate of drug-likeness (QED) is 0.530. The van der Waals surface area contributed by atoms with Crippen LogP contribution in [0.4, 0.5) is 0 Å². The van der Waals surface area contributed by atoms with E-state index in [4.69, 9.17) is 10.5 Å². The van der Waals surface area contributed by atoms with E-state index in [0.29, 0.717) is 18.9 Å². The Morgan fingerprint density at radius 2 is 2.25 bits per heavy atom.